The number of hydrogen-bond donors (Lipinski definition) is 2. The highest BCUT2D eigenvalue weighted by Gasteiger charge is 2.03. The van der Waals surface area contributed by atoms with Gasteiger partial charge in [0.05, 0.1) is 17.3 Å². The molecule has 6 heteroatoms. The first-order valence-electron chi connectivity index (χ1n) is 8.07. The zero-order valence-corrected chi connectivity index (χ0v) is 15.7. The van der Waals surface area contributed by atoms with Gasteiger partial charge in [-0.25, -0.2) is 4.99 Å². The Bertz CT molecular complexity index is 832. The fraction of sp³-hybridized carbons (Fsp3) is 0.150. The van der Waals surface area contributed by atoms with E-state index in [9.17, 15) is 4.79 Å². The molecule has 1 amide bonds. The van der Waals surface area contributed by atoms with Gasteiger partial charge in [0.25, 0.3) is 0 Å². The van der Waals surface area contributed by atoms with Crippen LogP contribution in [-0.4, -0.2) is 11.7 Å². The van der Waals surface area contributed by atoms with E-state index in [0.29, 0.717) is 27.8 Å². The molecule has 2 aromatic rings. The molecule has 0 saturated heterocycles. The molecule has 3 N–H and O–H groups in total. The molecule has 2 aromatic carbocycles. The van der Waals surface area contributed by atoms with Gasteiger partial charge in [-0.1, -0.05) is 37.6 Å². The van der Waals surface area contributed by atoms with E-state index in [-0.39, 0.29) is 5.91 Å². The van der Waals surface area contributed by atoms with Crippen LogP contribution in [0.1, 0.15) is 31.9 Å². The van der Waals surface area contributed by atoms with E-state index in [2.05, 4.69) is 10.3 Å². The zero-order valence-electron chi connectivity index (χ0n) is 15.0. The molecule has 0 heterocycles. The van der Waals surface area contributed by atoms with Crippen LogP contribution < -0.4 is 11.1 Å². The molecular formula is C20H21ClN4O. The minimum Gasteiger partial charge on any atom is -0.398 e. The molecule has 0 aliphatic carbocycles. The van der Waals surface area contributed by atoms with Crippen LogP contribution in [0.15, 0.2) is 59.6 Å². The molecular weight excluding hydrogens is 348 g/mol. The SMILES string of the molecule is CC.CC(=O)NC(/C=C(\N)c1ccc(Cl)cc1)=Nc1ccc(C#N)cc1. The van der Waals surface area contributed by atoms with E-state index in [1.54, 1.807) is 54.6 Å². The molecule has 0 aliphatic heterocycles. The predicted molar refractivity (Wildman–Crippen MR) is 107 cm³/mol. The molecule has 5 nitrogen and oxygen atoms in total. The van der Waals surface area contributed by atoms with Gasteiger partial charge in [-0.2, -0.15) is 5.26 Å². The van der Waals surface area contributed by atoms with Crippen LogP contribution >= 0.6 is 11.6 Å². The van der Waals surface area contributed by atoms with Crippen LogP contribution in [0, 0.1) is 11.3 Å². The van der Waals surface area contributed by atoms with Crippen molar-refractivity contribution in [1.29, 1.82) is 5.26 Å². The fourth-order valence-corrected chi connectivity index (χ4v) is 2.03. The molecule has 0 saturated carbocycles. The summed E-state index contributed by atoms with van der Waals surface area (Å²) in [5.74, 6) is 0.0437. The molecule has 0 spiro atoms. The maximum absolute atomic E-state index is 11.4. The first kappa shape index (κ1) is 20.9. The smallest absolute Gasteiger partial charge is 0.222 e. The summed E-state index contributed by atoms with van der Waals surface area (Å²) in [6.45, 7) is 5.39. The number of nitrogens with one attached hydrogen (secondary N) is 1. The fourth-order valence-electron chi connectivity index (χ4n) is 1.90. The summed E-state index contributed by atoms with van der Waals surface area (Å²) >= 11 is 5.86. The Morgan fingerprint density at radius 1 is 1.15 bits per heavy atom. The number of nitrogens with zero attached hydrogens (tertiary/aromatic N) is 2. The Balaban J connectivity index is 0.00000163. The van der Waals surface area contributed by atoms with Crippen molar-refractivity contribution in [2.75, 3.05) is 0 Å². The zero-order chi connectivity index (χ0) is 19.5. The van der Waals surface area contributed by atoms with E-state index in [1.165, 1.54) is 6.92 Å². The van der Waals surface area contributed by atoms with Crippen molar-refractivity contribution in [1.82, 2.24) is 5.32 Å². The van der Waals surface area contributed by atoms with E-state index in [4.69, 9.17) is 22.6 Å². The molecule has 0 aromatic heterocycles. The number of carbonyl (C=O) groups excluding carboxylic acids is 1. The third kappa shape index (κ3) is 6.80. The van der Waals surface area contributed by atoms with Crippen molar-refractivity contribution in [3.05, 3.63) is 70.8 Å². The number of rotatable bonds is 3. The Morgan fingerprint density at radius 3 is 2.23 bits per heavy atom. The van der Waals surface area contributed by atoms with Crippen LogP contribution in [0.25, 0.3) is 5.70 Å². The minimum atomic E-state index is -0.262. The molecule has 0 fully saturated rings. The summed E-state index contributed by atoms with van der Waals surface area (Å²) in [4.78, 5) is 15.7. The maximum Gasteiger partial charge on any atom is 0.222 e. The molecule has 2 rings (SSSR count). The lowest BCUT2D eigenvalue weighted by molar-refractivity contribution is -0.117. The van der Waals surface area contributed by atoms with Crippen molar-refractivity contribution >= 4 is 34.7 Å². The number of hydrogen-bond acceptors (Lipinski definition) is 4. The van der Waals surface area contributed by atoms with Crippen LogP contribution in [-0.2, 0) is 4.79 Å². The summed E-state index contributed by atoms with van der Waals surface area (Å²) < 4.78 is 0. The summed E-state index contributed by atoms with van der Waals surface area (Å²) in [5.41, 5.74) is 8.39. The number of amides is 1. The van der Waals surface area contributed by atoms with E-state index in [0.717, 1.165) is 5.56 Å². The standard InChI is InChI=1S/C18H15ClN4O.C2H6/c1-12(24)22-18(23-16-8-2-13(11-20)3-9-16)10-17(21)14-4-6-15(19)7-5-14;1-2/h2-10H,21H2,1H3,(H,22,23,24);1-2H3/b17-10-;. The second kappa shape index (κ2) is 10.7. The van der Waals surface area contributed by atoms with Crippen molar-refractivity contribution in [3.63, 3.8) is 0 Å². The first-order chi connectivity index (χ1) is 12.5. The second-order valence-electron chi connectivity index (χ2n) is 4.94. The van der Waals surface area contributed by atoms with E-state index < -0.39 is 0 Å². The van der Waals surface area contributed by atoms with Gasteiger partial charge in [-0.05, 0) is 42.0 Å². The predicted octanol–water partition coefficient (Wildman–Crippen LogP) is 4.40. The largest absolute Gasteiger partial charge is 0.398 e. The van der Waals surface area contributed by atoms with Crippen LogP contribution in [0.3, 0.4) is 0 Å². The number of nitriles is 1. The number of benzene rings is 2. The normalized spacial score (nSPS) is 11.0. The Morgan fingerprint density at radius 2 is 1.73 bits per heavy atom. The van der Waals surface area contributed by atoms with Gasteiger partial charge < -0.3 is 11.1 Å². The average molecular weight is 369 g/mol. The van der Waals surface area contributed by atoms with Crippen molar-refractivity contribution < 1.29 is 4.79 Å². The molecule has 0 atom stereocenters. The lowest BCUT2D eigenvalue weighted by Gasteiger charge is -2.06. The van der Waals surface area contributed by atoms with Gasteiger partial charge in [-0.15, -0.1) is 0 Å². The third-order valence-electron chi connectivity index (χ3n) is 3.02. The maximum atomic E-state index is 11.4. The quantitative estimate of drug-likeness (QED) is 0.621. The van der Waals surface area contributed by atoms with E-state index in [1.807, 2.05) is 19.9 Å². The Hall–Kier alpha value is -3.10. The first-order valence-corrected chi connectivity index (χ1v) is 8.45. The third-order valence-corrected chi connectivity index (χ3v) is 3.27. The Kier molecular flexibility index (Phi) is 8.62. The van der Waals surface area contributed by atoms with Gasteiger partial charge in [-0.3, -0.25) is 4.79 Å². The number of nitrogens with two attached hydrogens (primary N) is 1. The second-order valence-corrected chi connectivity index (χ2v) is 5.38. The molecule has 0 bridgehead atoms. The number of aliphatic imine (C=N–C) groups is 1. The van der Waals surface area contributed by atoms with Crippen LogP contribution in [0.4, 0.5) is 5.69 Å². The molecule has 0 unspecified atom stereocenters. The van der Waals surface area contributed by atoms with Gasteiger partial charge >= 0.3 is 0 Å². The van der Waals surface area contributed by atoms with Crippen molar-refractivity contribution in [3.8, 4) is 6.07 Å². The summed E-state index contributed by atoms with van der Waals surface area (Å²) in [6.07, 6.45) is 1.57. The lowest BCUT2D eigenvalue weighted by Crippen LogP contribution is -2.27. The van der Waals surface area contributed by atoms with Crippen molar-refractivity contribution in [2.45, 2.75) is 20.8 Å². The number of amidine groups is 1. The Labute approximate surface area is 158 Å². The van der Waals surface area contributed by atoms with Gasteiger partial charge in [0.1, 0.15) is 5.84 Å². The monoisotopic (exact) mass is 368 g/mol. The lowest BCUT2D eigenvalue weighted by atomic mass is 10.1. The van der Waals surface area contributed by atoms with Gasteiger partial charge in [0, 0.05) is 23.7 Å². The van der Waals surface area contributed by atoms with Gasteiger partial charge in [0.15, 0.2) is 0 Å². The average Bonchev–Trinajstić information content (AvgIpc) is 2.64. The van der Waals surface area contributed by atoms with Crippen LogP contribution in [0.2, 0.25) is 5.02 Å². The van der Waals surface area contributed by atoms with Crippen LogP contribution in [0.5, 0.6) is 0 Å². The van der Waals surface area contributed by atoms with Crippen molar-refractivity contribution in [2.24, 2.45) is 10.7 Å². The highest BCUT2D eigenvalue weighted by molar-refractivity contribution is 6.30. The topological polar surface area (TPSA) is 91.3 Å². The highest BCUT2D eigenvalue weighted by atomic mass is 35.5. The minimum absolute atomic E-state index is 0.262. The summed E-state index contributed by atoms with van der Waals surface area (Å²) in [7, 11) is 0. The number of carbonyl (C=O) groups is 1. The highest BCUT2D eigenvalue weighted by Crippen LogP contribution is 2.16. The number of halogens is 1. The molecule has 0 aliphatic rings. The van der Waals surface area contributed by atoms with E-state index >= 15 is 0 Å². The summed E-state index contributed by atoms with van der Waals surface area (Å²) in [6, 6.07) is 15.7. The summed E-state index contributed by atoms with van der Waals surface area (Å²) in [5, 5.41) is 12.1. The molecule has 0 radical (unpaired) electrons. The van der Waals surface area contributed by atoms with Gasteiger partial charge in [0.2, 0.25) is 5.91 Å². The molecule has 134 valence electrons. The molecule has 26 heavy (non-hydrogen) atoms.